The molecule has 0 bridgehead atoms. The van der Waals surface area contributed by atoms with Gasteiger partial charge in [0.2, 0.25) is 15.9 Å². The highest BCUT2D eigenvalue weighted by molar-refractivity contribution is 7.89. The van der Waals surface area contributed by atoms with Crippen molar-refractivity contribution in [1.82, 2.24) is 14.9 Å². The maximum absolute atomic E-state index is 14.0. The van der Waals surface area contributed by atoms with Crippen LogP contribution in [0, 0.1) is 11.7 Å². The van der Waals surface area contributed by atoms with E-state index < -0.39 is 27.9 Å². The van der Waals surface area contributed by atoms with E-state index >= 15 is 0 Å². The summed E-state index contributed by atoms with van der Waals surface area (Å²) < 4.78 is 47.0. The van der Waals surface area contributed by atoms with Crippen LogP contribution in [0.1, 0.15) is 57.1 Å². The number of carbonyl (C=O) groups is 2. The van der Waals surface area contributed by atoms with Gasteiger partial charge in [0.1, 0.15) is 6.54 Å². The Morgan fingerprint density at radius 1 is 1.26 bits per heavy atom. The smallest absolute Gasteiger partial charge is 0.324 e. The van der Waals surface area contributed by atoms with Crippen molar-refractivity contribution in [3.8, 4) is 5.75 Å². The molecule has 0 aromatic heterocycles. The minimum Gasteiger partial charge on any atom is -0.490 e. The van der Waals surface area contributed by atoms with Crippen LogP contribution in [-0.2, 0) is 14.8 Å². The third kappa shape index (κ3) is 7.46. The van der Waals surface area contributed by atoms with Gasteiger partial charge in [-0.05, 0) is 49.8 Å². The summed E-state index contributed by atoms with van der Waals surface area (Å²) in [4.78, 5) is 24.0. The number of nitrogens with zero attached hydrogens (tertiary/aromatic N) is 1. The maximum Gasteiger partial charge on any atom is 0.324 e. The van der Waals surface area contributed by atoms with Crippen LogP contribution < -0.4 is 14.8 Å². The number of halogens is 1. The topological polar surface area (TPSA) is 105 Å². The Hall–Kier alpha value is -2.20. The fourth-order valence-electron chi connectivity index (χ4n) is 3.47. The highest BCUT2D eigenvalue weighted by atomic mass is 32.2. The Bertz CT molecular complexity index is 904. The van der Waals surface area contributed by atoms with Crippen molar-refractivity contribution in [2.75, 3.05) is 25.4 Å². The number of ether oxygens (including phenoxy) is 1. The van der Waals surface area contributed by atoms with E-state index in [1.54, 1.807) is 19.1 Å². The number of benzene rings is 1. The van der Waals surface area contributed by atoms with Gasteiger partial charge in [-0.3, -0.25) is 10.1 Å². The third-order valence-corrected chi connectivity index (χ3v) is 7.04. The van der Waals surface area contributed by atoms with E-state index in [0.717, 1.165) is 6.42 Å². The number of sulfonamides is 1. The zero-order valence-electron chi connectivity index (χ0n) is 17.7. The molecule has 2 fully saturated rings. The molecule has 1 saturated carbocycles. The molecule has 1 atom stereocenters. The van der Waals surface area contributed by atoms with Gasteiger partial charge in [-0.15, -0.1) is 0 Å². The normalized spacial score (nSPS) is 17.7. The second-order valence-corrected chi connectivity index (χ2v) is 10.1. The first kappa shape index (κ1) is 23.5. The van der Waals surface area contributed by atoms with E-state index in [4.69, 9.17) is 4.74 Å². The maximum atomic E-state index is 14.0. The standard InChI is InChI=1S/C21H30FN3O5S/c1-15(17-7-8-18(22)19(13-17)30-11-9-16-5-6-16)24-31(28,29)12-4-2-3-10-25-14-20(26)23-21(25)27/h7-8,13,15-16,24H,2-6,9-12,14H2,1H3,(H,23,26,27). The lowest BCUT2D eigenvalue weighted by molar-refractivity contribution is -0.118. The lowest BCUT2D eigenvalue weighted by atomic mass is 10.1. The third-order valence-electron chi connectivity index (χ3n) is 5.50. The summed E-state index contributed by atoms with van der Waals surface area (Å²) in [6, 6.07) is 3.49. The zero-order valence-corrected chi connectivity index (χ0v) is 18.5. The van der Waals surface area contributed by atoms with Crippen LogP contribution in [0.5, 0.6) is 5.75 Å². The molecule has 10 heteroatoms. The SMILES string of the molecule is CC(NS(=O)(=O)CCCCCN1CC(=O)NC1=O)c1ccc(F)c(OCCC2CC2)c1. The molecular formula is C21H30FN3O5S. The second-order valence-electron chi connectivity index (χ2n) is 8.26. The van der Waals surface area contributed by atoms with Crippen LogP contribution in [0.25, 0.3) is 0 Å². The summed E-state index contributed by atoms with van der Waals surface area (Å²) in [5.74, 6) is 0.0145. The number of nitrogens with one attached hydrogen (secondary N) is 2. The van der Waals surface area contributed by atoms with Gasteiger partial charge < -0.3 is 9.64 Å². The fourth-order valence-corrected chi connectivity index (χ4v) is 4.85. The van der Waals surface area contributed by atoms with E-state index in [1.165, 1.54) is 23.8 Å². The fraction of sp³-hybridized carbons (Fsp3) is 0.619. The highest BCUT2D eigenvalue weighted by Gasteiger charge is 2.26. The van der Waals surface area contributed by atoms with Gasteiger partial charge in [0.05, 0.1) is 12.4 Å². The number of rotatable bonds is 13. The van der Waals surface area contributed by atoms with E-state index in [2.05, 4.69) is 10.0 Å². The molecule has 2 aliphatic rings. The van der Waals surface area contributed by atoms with Crippen LogP contribution in [0.4, 0.5) is 9.18 Å². The molecule has 1 aliphatic carbocycles. The van der Waals surface area contributed by atoms with Gasteiger partial charge >= 0.3 is 6.03 Å². The zero-order chi connectivity index (χ0) is 22.4. The molecule has 1 aromatic rings. The quantitative estimate of drug-likeness (QED) is 0.352. The molecule has 1 aliphatic heterocycles. The molecule has 3 amide bonds. The average Bonchev–Trinajstić information content (AvgIpc) is 3.46. The van der Waals surface area contributed by atoms with Gasteiger partial charge in [0, 0.05) is 12.6 Å². The molecule has 1 unspecified atom stereocenters. The molecule has 172 valence electrons. The van der Waals surface area contributed by atoms with E-state index in [0.29, 0.717) is 43.9 Å². The predicted octanol–water partition coefficient (Wildman–Crippen LogP) is 2.71. The monoisotopic (exact) mass is 455 g/mol. The molecule has 1 heterocycles. The summed E-state index contributed by atoms with van der Waals surface area (Å²) in [6.07, 6.45) is 4.99. The van der Waals surface area contributed by atoms with Gasteiger partial charge in [0.25, 0.3) is 0 Å². The average molecular weight is 456 g/mol. The number of unbranched alkanes of at least 4 members (excludes halogenated alkanes) is 2. The van der Waals surface area contributed by atoms with Crippen molar-refractivity contribution >= 4 is 22.0 Å². The molecule has 1 saturated heterocycles. The molecule has 31 heavy (non-hydrogen) atoms. The number of carbonyl (C=O) groups excluding carboxylic acids is 2. The van der Waals surface area contributed by atoms with Crippen molar-refractivity contribution in [2.24, 2.45) is 5.92 Å². The van der Waals surface area contributed by atoms with Crippen LogP contribution in [0.3, 0.4) is 0 Å². The lowest BCUT2D eigenvalue weighted by Crippen LogP contribution is -2.30. The van der Waals surface area contributed by atoms with Crippen LogP contribution in [0.2, 0.25) is 0 Å². The highest BCUT2D eigenvalue weighted by Crippen LogP contribution is 2.32. The van der Waals surface area contributed by atoms with Crippen molar-refractivity contribution in [1.29, 1.82) is 0 Å². The molecule has 8 nitrogen and oxygen atoms in total. The van der Waals surface area contributed by atoms with Crippen LogP contribution in [-0.4, -0.2) is 50.7 Å². The Morgan fingerprint density at radius 2 is 2.03 bits per heavy atom. The van der Waals surface area contributed by atoms with Gasteiger partial charge in [-0.1, -0.05) is 25.3 Å². The summed E-state index contributed by atoms with van der Waals surface area (Å²) in [6.45, 7) is 2.64. The summed E-state index contributed by atoms with van der Waals surface area (Å²) in [5, 5.41) is 2.21. The lowest BCUT2D eigenvalue weighted by Gasteiger charge is -2.17. The number of urea groups is 1. The van der Waals surface area contributed by atoms with E-state index in [-0.39, 0.29) is 24.0 Å². The van der Waals surface area contributed by atoms with Gasteiger partial charge in [-0.2, -0.15) is 0 Å². The number of hydrogen-bond acceptors (Lipinski definition) is 5. The summed E-state index contributed by atoms with van der Waals surface area (Å²) in [5.41, 5.74) is 0.635. The Labute approximate surface area is 182 Å². The second kappa shape index (κ2) is 10.4. The molecular weight excluding hydrogens is 425 g/mol. The number of imide groups is 1. The summed E-state index contributed by atoms with van der Waals surface area (Å²) in [7, 11) is -3.52. The molecule has 0 spiro atoms. The minimum absolute atomic E-state index is 0.0472. The number of amides is 3. The van der Waals surface area contributed by atoms with E-state index in [9.17, 15) is 22.4 Å². The van der Waals surface area contributed by atoms with Crippen molar-refractivity contribution in [3.63, 3.8) is 0 Å². The van der Waals surface area contributed by atoms with Crippen LogP contribution >= 0.6 is 0 Å². The summed E-state index contributed by atoms with van der Waals surface area (Å²) >= 11 is 0. The number of hydrogen-bond donors (Lipinski definition) is 2. The Morgan fingerprint density at radius 3 is 2.71 bits per heavy atom. The Balaban J connectivity index is 1.41. The Kier molecular flexibility index (Phi) is 7.88. The first-order valence-corrected chi connectivity index (χ1v) is 12.4. The molecule has 3 rings (SSSR count). The first-order chi connectivity index (χ1) is 14.7. The van der Waals surface area contributed by atoms with Gasteiger partial charge in [-0.25, -0.2) is 22.3 Å². The molecule has 2 N–H and O–H groups in total. The van der Waals surface area contributed by atoms with Crippen LogP contribution in [0.15, 0.2) is 18.2 Å². The van der Waals surface area contributed by atoms with Crippen molar-refractivity contribution in [2.45, 2.75) is 51.5 Å². The predicted molar refractivity (Wildman–Crippen MR) is 114 cm³/mol. The minimum atomic E-state index is -3.52. The van der Waals surface area contributed by atoms with Crippen molar-refractivity contribution < 1.29 is 27.1 Å². The van der Waals surface area contributed by atoms with Crippen molar-refractivity contribution in [3.05, 3.63) is 29.6 Å². The van der Waals surface area contributed by atoms with Gasteiger partial charge in [0.15, 0.2) is 11.6 Å². The largest absolute Gasteiger partial charge is 0.490 e. The molecule has 0 radical (unpaired) electrons. The van der Waals surface area contributed by atoms with E-state index in [1.807, 2.05) is 0 Å². The first-order valence-electron chi connectivity index (χ1n) is 10.7. The molecule has 1 aromatic carbocycles.